The van der Waals surface area contributed by atoms with Crippen molar-refractivity contribution in [2.45, 2.75) is 0 Å². The molecule has 0 bridgehead atoms. The fraction of sp³-hybridized carbons (Fsp3) is 0.182. The van der Waals surface area contributed by atoms with Crippen LogP contribution in [0, 0.1) is 0 Å². The molecule has 6 nitrogen and oxygen atoms in total. The molecule has 0 aromatic heterocycles. The molecule has 0 radical (unpaired) electrons. The zero-order valence-corrected chi connectivity index (χ0v) is 16.1. The van der Waals surface area contributed by atoms with E-state index in [1.165, 1.54) is 12.0 Å². The van der Waals surface area contributed by atoms with Gasteiger partial charge in [-0.25, -0.2) is 0 Å². The van der Waals surface area contributed by atoms with Crippen LogP contribution in [0.1, 0.15) is 10.4 Å². The first-order chi connectivity index (χ1) is 13.5. The van der Waals surface area contributed by atoms with E-state index in [4.69, 9.17) is 9.47 Å². The molecule has 1 N–H and O–H groups in total. The van der Waals surface area contributed by atoms with Gasteiger partial charge in [0.15, 0.2) is 0 Å². The van der Waals surface area contributed by atoms with E-state index in [1.807, 2.05) is 30.3 Å². The number of nitrogens with zero attached hydrogens (tertiary/aromatic N) is 1. The molecule has 0 heterocycles. The standard InChI is InChI=1S/C22H22N2O4/c1-24(14-21(25)23-17-8-10-18(27-2)11-9-17)22(26)19-12-15-6-4-5-7-16(15)13-20(19)28-3/h4-13H,14H2,1-3H3,(H,23,25). The molecule has 28 heavy (non-hydrogen) atoms. The average molecular weight is 378 g/mol. The van der Waals surface area contributed by atoms with Gasteiger partial charge in [-0.3, -0.25) is 9.59 Å². The molecular weight excluding hydrogens is 356 g/mol. The normalized spacial score (nSPS) is 10.4. The van der Waals surface area contributed by atoms with E-state index in [9.17, 15) is 9.59 Å². The number of ether oxygens (including phenoxy) is 2. The largest absolute Gasteiger partial charge is 0.497 e. The molecule has 0 aliphatic rings. The van der Waals surface area contributed by atoms with Crippen molar-refractivity contribution in [1.29, 1.82) is 0 Å². The fourth-order valence-corrected chi connectivity index (χ4v) is 2.92. The summed E-state index contributed by atoms with van der Waals surface area (Å²) in [5.41, 5.74) is 1.05. The van der Waals surface area contributed by atoms with Crippen LogP contribution >= 0.6 is 0 Å². The zero-order valence-electron chi connectivity index (χ0n) is 16.1. The Kier molecular flexibility index (Phi) is 5.79. The molecule has 0 atom stereocenters. The van der Waals surface area contributed by atoms with E-state index >= 15 is 0 Å². The van der Waals surface area contributed by atoms with Crippen LogP contribution in [0.3, 0.4) is 0 Å². The number of hydrogen-bond acceptors (Lipinski definition) is 4. The van der Waals surface area contributed by atoms with Gasteiger partial charge in [-0.05, 0) is 47.2 Å². The number of fused-ring (bicyclic) bond motifs is 1. The van der Waals surface area contributed by atoms with E-state index in [2.05, 4.69) is 5.32 Å². The van der Waals surface area contributed by atoms with Crippen molar-refractivity contribution in [3.8, 4) is 11.5 Å². The second-order valence-electron chi connectivity index (χ2n) is 6.34. The van der Waals surface area contributed by atoms with Gasteiger partial charge in [-0.15, -0.1) is 0 Å². The molecule has 6 heteroatoms. The summed E-state index contributed by atoms with van der Waals surface area (Å²) in [6.07, 6.45) is 0. The second kappa shape index (κ2) is 8.43. The average Bonchev–Trinajstić information content (AvgIpc) is 2.72. The summed E-state index contributed by atoms with van der Waals surface area (Å²) >= 11 is 0. The monoisotopic (exact) mass is 378 g/mol. The molecule has 3 rings (SSSR count). The van der Waals surface area contributed by atoms with Gasteiger partial charge in [0.2, 0.25) is 5.91 Å². The lowest BCUT2D eigenvalue weighted by Gasteiger charge is -2.19. The summed E-state index contributed by atoms with van der Waals surface area (Å²) in [6.45, 7) is -0.0825. The Morgan fingerprint density at radius 3 is 2.18 bits per heavy atom. The molecular formula is C22H22N2O4. The van der Waals surface area contributed by atoms with Gasteiger partial charge in [0.05, 0.1) is 26.3 Å². The number of likely N-dealkylation sites (N-methyl/N-ethyl adjacent to an activating group) is 1. The highest BCUT2D eigenvalue weighted by molar-refractivity contribution is 6.03. The van der Waals surface area contributed by atoms with Crippen LogP contribution in [-0.4, -0.2) is 44.5 Å². The zero-order chi connectivity index (χ0) is 20.1. The lowest BCUT2D eigenvalue weighted by molar-refractivity contribution is -0.116. The van der Waals surface area contributed by atoms with Crippen molar-refractivity contribution in [2.24, 2.45) is 0 Å². The van der Waals surface area contributed by atoms with Gasteiger partial charge in [0.25, 0.3) is 5.91 Å². The van der Waals surface area contributed by atoms with E-state index < -0.39 is 0 Å². The van der Waals surface area contributed by atoms with Crippen molar-refractivity contribution >= 4 is 28.3 Å². The highest BCUT2D eigenvalue weighted by Gasteiger charge is 2.19. The highest BCUT2D eigenvalue weighted by atomic mass is 16.5. The molecule has 3 aromatic carbocycles. The Bertz CT molecular complexity index is 999. The smallest absolute Gasteiger partial charge is 0.257 e. The van der Waals surface area contributed by atoms with Gasteiger partial charge in [-0.1, -0.05) is 24.3 Å². The number of benzene rings is 3. The fourth-order valence-electron chi connectivity index (χ4n) is 2.92. The lowest BCUT2D eigenvalue weighted by atomic mass is 10.0. The van der Waals surface area contributed by atoms with Crippen LogP contribution < -0.4 is 14.8 Å². The Balaban J connectivity index is 1.72. The molecule has 0 unspecified atom stereocenters. The van der Waals surface area contributed by atoms with Crippen LogP contribution in [0.4, 0.5) is 5.69 Å². The minimum absolute atomic E-state index is 0.0825. The first-order valence-electron chi connectivity index (χ1n) is 8.78. The SMILES string of the molecule is COc1ccc(NC(=O)CN(C)C(=O)c2cc3ccccc3cc2OC)cc1. The van der Waals surface area contributed by atoms with E-state index in [1.54, 1.807) is 44.5 Å². The van der Waals surface area contributed by atoms with Crippen LogP contribution in [-0.2, 0) is 4.79 Å². The topological polar surface area (TPSA) is 67.9 Å². The summed E-state index contributed by atoms with van der Waals surface area (Å²) < 4.78 is 10.5. The molecule has 2 amide bonds. The maximum absolute atomic E-state index is 12.9. The summed E-state index contributed by atoms with van der Waals surface area (Å²) in [4.78, 5) is 26.6. The molecule has 0 saturated carbocycles. The van der Waals surface area contributed by atoms with Crippen LogP contribution in [0.15, 0.2) is 60.7 Å². The Labute approximate surface area is 163 Å². The van der Waals surface area contributed by atoms with Crippen molar-refractivity contribution in [3.05, 3.63) is 66.2 Å². The van der Waals surface area contributed by atoms with Gasteiger partial charge < -0.3 is 19.7 Å². The predicted molar refractivity (Wildman–Crippen MR) is 109 cm³/mol. The van der Waals surface area contributed by atoms with Crippen LogP contribution in [0.5, 0.6) is 11.5 Å². The Morgan fingerprint density at radius 2 is 1.57 bits per heavy atom. The number of carbonyl (C=O) groups is 2. The number of amides is 2. The van der Waals surface area contributed by atoms with E-state index in [0.717, 1.165) is 10.8 Å². The van der Waals surface area contributed by atoms with Crippen molar-refractivity contribution in [2.75, 3.05) is 33.1 Å². The van der Waals surface area contributed by atoms with E-state index in [-0.39, 0.29) is 18.4 Å². The minimum atomic E-state index is -0.291. The van der Waals surface area contributed by atoms with Crippen LogP contribution in [0.25, 0.3) is 10.8 Å². The van der Waals surface area contributed by atoms with Gasteiger partial charge in [-0.2, -0.15) is 0 Å². The third-order valence-corrected chi connectivity index (χ3v) is 4.40. The summed E-state index contributed by atoms with van der Waals surface area (Å²) in [7, 11) is 4.69. The summed E-state index contributed by atoms with van der Waals surface area (Å²) in [5, 5.41) is 4.68. The number of hydrogen-bond donors (Lipinski definition) is 1. The highest BCUT2D eigenvalue weighted by Crippen LogP contribution is 2.27. The number of rotatable bonds is 6. The van der Waals surface area contributed by atoms with Crippen LogP contribution in [0.2, 0.25) is 0 Å². The minimum Gasteiger partial charge on any atom is -0.497 e. The summed E-state index contributed by atoms with van der Waals surface area (Å²) in [6, 6.07) is 18.3. The number of methoxy groups -OCH3 is 2. The number of anilines is 1. The van der Waals surface area contributed by atoms with E-state index in [0.29, 0.717) is 22.7 Å². The molecule has 0 spiro atoms. The van der Waals surface area contributed by atoms with Crippen molar-refractivity contribution in [3.63, 3.8) is 0 Å². The van der Waals surface area contributed by atoms with Gasteiger partial charge in [0, 0.05) is 12.7 Å². The lowest BCUT2D eigenvalue weighted by Crippen LogP contribution is -2.35. The molecule has 144 valence electrons. The Morgan fingerprint density at radius 1 is 0.929 bits per heavy atom. The Hall–Kier alpha value is -3.54. The molecule has 0 fully saturated rings. The van der Waals surface area contributed by atoms with Crippen molar-refractivity contribution in [1.82, 2.24) is 4.90 Å². The second-order valence-corrected chi connectivity index (χ2v) is 6.34. The maximum atomic E-state index is 12.9. The molecule has 0 aliphatic heterocycles. The predicted octanol–water partition coefficient (Wildman–Crippen LogP) is 3.57. The number of nitrogens with one attached hydrogen (secondary N) is 1. The van der Waals surface area contributed by atoms with Gasteiger partial charge in [0.1, 0.15) is 11.5 Å². The third kappa shape index (κ3) is 4.23. The maximum Gasteiger partial charge on any atom is 0.257 e. The number of carbonyl (C=O) groups excluding carboxylic acids is 2. The molecule has 0 aliphatic carbocycles. The summed E-state index contributed by atoms with van der Waals surface area (Å²) in [5.74, 6) is 0.605. The quantitative estimate of drug-likeness (QED) is 0.712. The molecule has 3 aromatic rings. The molecule has 0 saturated heterocycles. The van der Waals surface area contributed by atoms with Crippen molar-refractivity contribution < 1.29 is 19.1 Å². The first-order valence-corrected chi connectivity index (χ1v) is 8.78. The first kappa shape index (κ1) is 19.2. The third-order valence-electron chi connectivity index (χ3n) is 4.40. The van der Waals surface area contributed by atoms with Gasteiger partial charge >= 0.3 is 0 Å².